The van der Waals surface area contributed by atoms with Gasteiger partial charge in [0.15, 0.2) is 0 Å². The van der Waals surface area contributed by atoms with Gasteiger partial charge in [0.2, 0.25) is 0 Å². The van der Waals surface area contributed by atoms with E-state index in [1.54, 1.807) is 44.8 Å². The van der Waals surface area contributed by atoms with E-state index < -0.39 is 0 Å². The molecule has 52 heavy (non-hydrogen) atoms. The van der Waals surface area contributed by atoms with E-state index >= 15 is 0 Å². The number of para-hydroxylation sites is 1. The van der Waals surface area contributed by atoms with Crippen molar-refractivity contribution in [1.29, 1.82) is 0 Å². The van der Waals surface area contributed by atoms with Crippen LogP contribution in [0.4, 0.5) is 0 Å². The van der Waals surface area contributed by atoms with E-state index in [9.17, 15) is 0 Å². The van der Waals surface area contributed by atoms with Crippen LogP contribution in [0.1, 0.15) is 114 Å². The van der Waals surface area contributed by atoms with Gasteiger partial charge in [0.25, 0.3) is 0 Å². The molecule has 0 saturated heterocycles. The zero-order chi connectivity index (χ0) is 34.4. The monoisotopic (exact) mass is 684 g/mol. The van der Waals surface area contributed by atoms with Gasteiger partial charge in [-0.3, -0.25) is 0 Å². The second kappa shape index (κ2) is 14.1. The molecule has 1 aromatic heterocycles. The molecule has 0 aliphatic heterocycles. The zero-order valence-electron chi connectivity index (χ0n) is 31.1. The van der Waals surface area contributed by atoms with Crippen molar-refractivity contribution in [3.8, 4) is 5.69 Å². The van der Waals surface area contributed by atoms with Crippen molar-refractivity contribution in [2.45, 2.75) is 121 Å². The van der Waals surface area contributed by atoms with Crippen LogP contribution in [0.2, 0.25) is 0 Å². The van der Waals surface area contributed by atoms with Crippen molar-refractivity contribution in [1.82, 2.24) is 9.47 Å². The molecule has 0 N–H and O–H groups in total. The highest BCUT2D eigenvalue weighted by atomic mass is 15.2. The van der Waals surface area contributed by atoms with Crippen molar-refractivity contribution in [3.63, 3.8) is 0 Å². The molecule has 2 aromatic rings. The van der Waals surface area contributed by atoms with Gasteiger partial charge in [0.05, 0.1) is 11.7 Å². The molecule has 1 aromatic carbocycles. The van der Waals surface area contributed by atoms with Gasteiger partial charge in [-0.15, -0.1) is 0 Å². The van der Waals surface area contributed by atoms with Gasteiger partial charge in [0.1, 0.15) is 0 Å². The molecule has 0 fully saturated rings. The summed E-state index contributed by atoms with van der Waals surface area (Å²) in [6.45, 7) is 0. The van der Waals surface area contributed by atoms with Crippen molar-refractivity contribution < 1.29 is 0 Å². The summed E-state index contributed by atoms with van der Waals surface area (Å²) >= 11 is 0. The maximum absolute atomic E-state index is 3.04. The largest absolute Gasteiger partial charge is 0.365 e. The fourth-order valence-corrected chi connectivity index (χ4v) is 11.5. The quantitative estimate of drug-likeness (QED) is 0.275. The first-order chi connectivity index (χ1) is 25.8. The number of hydrogen-bond acceptors (Lipinski definition) is 1. The number of hydrogen-bond donors (Lipinski definition) is 0. The summed E-state index contributed by atoms with van der Waals surface area (Å²) in [5.74, 6) is 2.06. The third-order valence-corrected chi connectivity index (χ3v) is 14.1. The summed E-state index contributed by atoms with van der Waals surface area (Å²) in [6.07, 6.45) is 50.8. The average molecular weight is 685 g/mol. The summed E-state index contributed by atoms with van der Waals surface area (Å²) in [5, 5.41) is 2.99. The average Bonchev–Trinajstić information content (AvgIpc) is 3.57. The molecular weight excluding hydrogens is 629 g/mol. The molecule has 5 atom stereocenters. The van der Waals surface area contributed by atoms with Crippen LogP contribution >= 0.6 is 0 Å². The predicted molar refractivity (Wildman–Crippen MR) is 218 cm³/mol. The molecule has 2 nitrogen and oxygen atoms in total. The Morgan fingerprint density at radius 1 is 0.692 bits per heavy atom. The molecule has 5 unspecified atom stereocenters. The Kier molecular flexibility index (Phi) is 8.82. The molecule has 0 spiro atoms. The van der Waals surface area contributed by atoms with E-state index in [0.29, 0.717) is 23.9 Å². The Morgan fingerprint density at radius 2 is 1.62 bits per heavy atom. The van der Waals surface area contributed by atoms with Crippen LogP contribution in [0, 0.1) is 17.8 Å². The molecule has 10 rings (SSSR count). The molecule has 2 heteroatoms. The maximum Gasteiger partial charge on any atom is 0.0532 e. The minimum absolute atomic E-state index is 0.508. The van der Waals surface area contributed by atoms with E-state index in [1.807, 2.05) is 0 Å². The van der Waals surface area contributed by atoms with Crippen LogP contribution in [0.3, 0.4) is 0 Å². The lowest BCUT2D eigenvalue weighted by molar-refractivity contribution is 0.167. The van der Waals surface area contributed by atoms with Crippen molar-refractivity contribution in [2.24, 2.45) is 17.8 Å². The van der Waals surface area contributed by atoms with Crippen LogP contribution in [0.5, 0.6) is 0 Å². The van der Waals surface area contributed by atoms with Crippen molar-refractivity contribution in [2.75, 3.05) is 0 Å². The molecule has 1 heterocycles. The normalized spacial score (nSPS) is 29.3. The first-order valence-electron chi connectivity index (χ1n) is 21.1. The van der Waals surface area contributed by atoms with Gasteiger partial charge in [-0.25, -0.2) is 0 Å². The van der Waals surface area contributed by atoms with Crippen molar-refractivity contribution in [3.05, 3.63) is 141 Å². The number of fused-ring (bicyclic) bond motifs is 5. The van der Waals surface area contributed by atoms with E-state index in [0.717, 1.165) is 12.3 Å². The number of aromatic nitrogens is 1. The summed E-state index contributed by atoms with van der Waals surface area (Å²) in [5.41, 5.74) is 14.6. The fourth-order valence-electron chi connectivity index (χ4n) is 11.5. The zero-order valence-corrected chi connectivity index (χ0v) is 31.1. The topological polar surface area (TPSA) is 8.17 Å². The Balaban J connectivity index is 1.04. The summed E-state index contributed by atoms with van der Waals surface area (Å²) in [6, 6.07) is 12.4. The van der Waals surface area contributed by atoms with Gasteiger partial charge >= 0.3 is 0 Å². The molecule has 0 saturated carbocycles. The van der Waals surface area contributed by atoms with Crippen molar-refractivity contribution >= 4 is 17.7 Å². The van der Waals surface area contributed by atoms with Gasteiger partial charge in [0, 0.05) is 28.7 Å². The lowest BCUT2D eigenvalue weighted by Gasteiger charge is -2.47. The Hall–Kier alpha value is -4.04. The predicted octanol–water partition coefficient (Wildman–Crippen LogP) is 10.9. The molecular formula is C50H56N2. The van der Waals surface area contributed by atoms with Crippen LogP contribution in [0.15, 0.2) is 119 Å². The number of nitrogens with zero attached hydrogens (tertiary/aromatic N) is 2. The minimum atomic E-state index is 0.508. The SMILES string of the molecule is C1=CC2C=C(C3=CC=C(N(C4CC=C(C5CC=CCC5)CC4)C4CCCC5=C4CCc4c5n(-c5ccccc5)c5c4=CCCC=5)CC3)CCC2C=C1. The number of allylic oxidation sites excluding steroid dienone is 14. The number of rotatable bonds is 6. The first kappa shape index (κ1) is 32.6. The molecule has 8 aliphatic rings. The third-order valence-electron chi connectivity index (χ3n) is 14.1. The minimum Gasteiger partial charge on any atom is -0.365 e. The maximum atomic E-state index is 3.04. The Morgan fingerprint density at radius 3 is 2.46 bits per heavy atom. The van der Waals surface area contributed by atoms with Crippen LogP contribution in [-0.4, -0.2) is 21.6 Å². The van der Waals surface area contributed by atoms with E-state index in [2.05, 4.69) is 113 Å². The fraction of sp³-hybridized carbons (Fsp3) is 0.440. The van der Waals surface area contributed by atoms with Gasteiger partial charge < -0.3 is 9.47 Å². The first-order valence-corrected chi connectivity index (χ1v) is 21.1. The second-order valence-electron chi connectivity index (χ2n) is 16.9. The Bertz CT molecular complexity index is 2100. The highest BCUT2D eigenvalue weighted by molar-refractivity contribution is 5.76. The second-order valence-corrected chi connectivity index (χ2v) is 16.9. The highest BCUT2D eigenvalue weighted by Gasteiger charge is 2.39. The van der Waals surface area contributed by atoms with Crippen LogP contribution in [0.25, 0.3) is 23.4 Å². The smallest absolute Gasteiger partial charge is 0.0532 e. The highest BCUT2D eigenvalue weighted by Crippen LogP contribution is 2.46. The van der Waals surface area contributed by atoms with Gasteiger partial charge in [-0.2, -0.15) is 0 Å². The molecule has 0 amide bonds. The van der Waals surface area contributed by atoms with Gasteiger partial charge in [-0.1, -0.05) is 90.6 Å². The molecule has 0 radical (unpaired) electrons. The lowest BCUT2D eigenvalue weighted by atomic mass is 9.75. The summed E-state index contributed by atoms with van der Waals surface area (Å²) in [7, 11) is 0. The van der Waals surface area contributed by atoms with Crippen LogP contribution in [-0.2, 0) is 6.42 Å². The van der Waals surface area contributed by atoms with E-state index in [1.165, 1.54) is 119 Å². The van der Waals surface area contributed by atoms with E-state index in [-0.39, 0.29) is 0 Å². The standard InChI is InChI=1S/C50H56N2/c1-3-12-35(13-4-1)37-24-28-42(29-25-37)51(43-30-26-38(27-31-43)40-23-22-36-14-7-8-15-39(36)34-40)48-21-11-19-46-45(48)32-33-47-44-18-9-10-20-49(44)52(50(46)47)41-16-5-2-6-17-41/h1-3,5-8,14-18,20,24,26,30,34-36,39,42,48H,4,9-13,19,21-23,25,27-29,31-33H2. The summed E-state index contributed by atoms with van der Waals surface area (Å²) in [4.78, 5) is 3.04. The number of benzene rings is 1. The third kappa shape index (κ3) is 5.86. The summed E-state index contributed by atoms with van der Waals surface area (Å²) < 4.78 is 2.67. The molecule has 0 bridgehead atoms. The molecule has 266 valence electrons. The molecule has 8 aliphatic carbocycles. The van der Waals surface area contributed by atoms with Gasteiger partial charge in [-0.05, 0) is 172 Å². The Labute approximate surface area is 311 Å². The lowest BCUT2D eigenvalue weighted by Crippen LogP contribution is -2.46. The van der Waals surface area contributed by atoms with E-state index in [4.69, 9.17) is 0 Å². The van der Waals surface area contributed by atoms with Crippen LogP contribution < -0.4 is 10.6 Å².